The quantitative estimate of drug-likeness (QED) is 0.722. The van der Waals surface area contributed by atoms with Crippen molar-refractivity contribution in [1.82, 2.24) is 25.0 Å². The van der Waals surface area contributed by atoms with Gasteiger partial charge < -0.3 is 20.1 Å². The highest BCUT2D eigenvalue weighted by atomic mass is 16.2. The first-order chi connectivity index (χ1) is 11.0. The Labute approximate surface area is 137 Å². The second kappa shape index (κ2) is 8.12. The molecule has 2 N–H and O–H groups in total. The molecule has 0 aromatic carbocycles. The number of nitrogens with zero attached hydrogens (tertiary/aromatic N) is 3. The van der Waals surface area contributed by atoms with E-state index in [0.29, 0.717) is 13.1 Å². The number of hydrogen-bond acceptors (Lipinski definition) is 4. The summed E-state index contributed by atoms with van der Waals surface area (Å²) in [5, 5.41) is 5.30. The van der Waals surface area contributed by atoms with Crippen molar-refractivity contribution >= 4 is 11.8 Å². The molecule has 0 saturated carbocycles. The number of amides is 2. The molecule has 23 heavy (non-hydrogen) atoms. The van der Waals surface area contributed by atoms with Gasteiger partial charge in [0.1, 0.15) is 0 Å². The van der Waals surface area contributed by atoms with Gasteiger partial charge in [0.05, 0.1) is 6.04 Å². The van der Waals surface area contributed by atoms with Gasteiger partial charge in [-0.3, -0.25) is 14.5 Å². The van der Waals surface area contributed by atoms with Crippen molar-refractivity contribution in [2.24, 2.45) is 7.05 Å². The summed E-state index contributed by atoms with van der Waals surface area (Å²) < 4.78 is 2.07. The van der Waals surface area contributed by atoms with E-state index in [1.165, 1.54) is 0 Å². The molecule has 0 spiro atoms. The SMILES string of the molecule is CCNC(=O)C(=O)NCC(c1cccn1C)N1CCN(C)CC1. The molecular formula is C16H27N5O2. The third-order valence-electron chi connectivity index (χ3n) is 4.30. The van der Waals surface area contributed by atoms with Gasteiger partial charge in [0.15, 0.2) is 0 Å². The van der Waals surface area contributed by atoms with Crippen molar-refractivity contribution in [3.63, 3.8) is 0 Å². The highest BCUT2D eigenvalue weighted by Gasteiger charge is 2.26. The Morgan fingerprint density at radius 1 is 1.13 bits per heavy atom. The van der Waals surface area contributed by atoms with Gasteiger partial charge in [-0.1, -0.05) is 0 Å². The highest BCUT2D eigenvalue weighted by molar-refractivity contribution is 6.35. The van der Waals surface area contributed by atoms with Crippen molar-refractivity contribution < 1.29 is 9.59 Å². The van der Waals surface area contributed by atoms with Crippen molar-refractivity contribution in [3.8, 4) is 0 Å². The smallest absolute Gasteiger partial charge is 0.309 e. The van der Waals surface area contributed by atoms with Crippen molar-refractivity contribution in [2.45, 2.75) is 13.0 Å². The molecule has 2 amide bonds. The molecule has 1 unspecified atom stereocenters. The van der Waals surface area contributed by atoms with Gasteiger partial charge in [-0.05, 0) is 26.1 Å². The van der Waals surface area contributed by atoms with Gasteiger partial charge in [-0.15, -0.1) is 0 Å². The minimum atomic E-state index is -0.573. The van der Waals surface area contributed by atoms with Crippen LogP contribution < -0.4 is 10.6 Å². The lowest BCUT2D eigenvalue weighted by molar-refractivity contribution is -0.139. The molecule has 128 valence electrons. The van der Waals surface area contributed by atoms with Gasteiger partial charge in [0.25, 0.3) is 0 Å². The maximum atomic E-state index is 11.9. The van der Waals surface area contributed by atoms with Gasteiger partial charge in [-0.25, -0.2) is 0 Å². The third-order valence-corrected chi connectivity index (χ3v) is 4.30. The summed E-state index contributed by atoms with van der Waals surface area (Å²) in [4.78, 5) is 28.1. The molecule has 2 rings (SSSR count). The highest BCUT2D eigenvalue weighted by Crippen LogP contribution is 2.21. The summed E-state index contributed by atoms with van der Waals surface area (Å²) >= 11 is 0. The molecule has 0 bridgehead atoms. The van der Waals surface area contributed by atoms with E-state index in [1.54, 1.807) is 6.92 Å². The van der Waals surface area contributed by atoms with E-state index in [2.05, 4.69) is 38.1 Å². The average Bonchev–Trinajstić information content (AvgIpc) is 2.95. The van der Waals surface area contributed by atoms with E-state index in [1.807, 2.05) is 19.3 Å². The largest absolute Gasteiger partial charge is 0.353 e. The molecule has 1 aliphatic rings. The van der Waals surface area contributed by atoms with Crippen LogP contribution in [0, 0.1) is 0 Å². The topological polar surface area (TPSA) is 69.6 Å². The Morgan fingerprint density at radius 3 is 2.35 bits per heavy atom. The van der Waals surface area contributed by atoms with Crippen LogP contribution >= 0.6 is 0 Å². The van der Waals surface area contributed by atoms with Crippen LogP contribution in [-0.2, 0) is 16.6 Å². The lowest BCUT2D eigenvalue weighted by Crippen LogP contribution is -2.50. The Balaban J connectivity index is 2.04. The van der Waals surface area contributed by atoms with Gasteiger partial charge in [0.2, 0.25) is 0 Å². The first-order valence-electron chi connectivity index (χ1n) is 8.12. The van der Waals surface area contributed by atoms with Crippen molar-refractivity contribution in [3.05, 3.63) is 24.0 Å². The Bertz CT molecular complexity index is 534. The first kappa shape index (κ1) is 17.5. The summed E-state index contributed by atoms with van der Waals surface area (Å²) in [7, 11) is 4.12. The van der Waals surface area contributed by atoms with Gasteiger partial charge in [0, 0.05) is 58.2 Å². The Kier molecular flexibility index (Phi) is 6.18. The van der Waals surface area contributed by atoms with Gasteiger partial charge >= 0.3 is 11.8 Å². The zero-order valence-electron chi connectivity index (χ0n) is 14.2. The van der Waals surface area contributed by atoms with E-state index in [-0.39, 0.29) is 6.04 Å². The minimum Gasteiger partial charge on any atom is -0.353 e. The number of hydrogen-bond donors (Lipinski definition) is 2. The number of nitrogens with one attached hydrogen (secondary N) is 2. The second-order valence-corrected chi connectivity index (χ2v) is 5.97. The van der Waals surface area contributed by atoms with Crippen LogP contribution in [-0.4, -0.2) is 72.5 Å². The predicted octanol–water partition coefficient (Wildman–Crippen LogP) is -0.434. The zero-order chi connectivity index (χ0) is 16.8. The number of likely N-dealkylation sites (N-methyl/N-ethyl adjacent to an activating group) is 2. The van der Waals surface area contributed by atoms with Crippen molar-refractivity contribution in [1.29, 1.82) is 0 Å². The summed E-state index contributed by atoms with van der Waals surface area (Å²) in [6.45, 7) is 6.58. The lowest BCUT2D eigenvalue weighted by atomic mass is 10.1. The fraction of sp³-hybridized carbons (Fsp3) is 0.625. The van der Waals surface area contributed by atoms with Crippen LogP contribution in [0.15, 0.2) is 18.3 Å². The summed E-state index contributed by atoms with van der Waals surface area (Å²) in [5.41, 5.74) is 1.14. The summed E-state index contributed by atoms with van der Waals surface area (Å²) in [5.74, 6) is -1.14. The Hall–Kier alpha value is -1.86. The monoisotopic (exact) mass is 321 g/mol. The third kappa shape index (κ3) is 4.56. The van der Waals surface area contributed by atoms with E-state index < -0.39 is 11.8 Å². The molecule has 7 nitrogen and oxygen atoms in total. The van der Waals surface area contributed by atoms with E-state index in [4.69, 9.17) is 0 Å². The van der Waals surface area contributed by atoms with E-state index in [0.717, 1.165) is 31.9 Å². The summed E-state index contributed by atoms with van der Waals surface area (Å²) in [6, 6.07) is 4.15. The number of carbonyl (C=O) groups excluding carboxylic acids is 2. The van der Waals surface area contributed by atoms with Crippen LogP contribution in [0.25, 0.3) is 0 Å². The average molecular weight is 321 g/mol. The molecule has 2 heterocycles. The van der Waals surface area contributed by atoms with Crippen LogP contribution in [0.1, 0.15) is 18.7 Å². The van der Waals surface area contributed by atoms with Crippen LogP contribution in [0.5, 0.6) is 0 Å². The molecule has 0 radical (unpaired) electrons. The van der Waals surface area contributed by atoms with Crippen LogP contribution in [0.3, 0.4) is 0 Å². The zero-order valence-corrected chi connectivity index (χ0v) is 14.2. The predicted molar refractivity (Wildman–Crippen MR) is 88.9 cm³/mol. The minimum absolute atomic E-state index is 0.0714. The summed E-state index contributed by atoms with van der Waals surface area (Å²) in [6.07, 6.45) is 2.00. The van der Waals surface area contributed by atoms with Gasteiger partial charge in [-0.2, -0.15) is 0 Å². The molecule has 1 aromatic heterocycles. The lowest BCUT2D eigenvalue weighted by Gasteiger charge is -2.38. The maximum absolute atomic E-state index is 11.9. The molecule has 7 heteroatoms. The van der Waals surface area contributed by atoms with E-state index in [9.17, 15) is 9.59 Å². The molecule has 1 aliphatic heterocycles. The Morgan fingerprint density at radius 2 is 1.78 bits per heavy atom. The van der Waals surface area contributed by atoms with Crippen molar-refractivity contribution in [2.75, 3.05) is 46.3 Å². The van der Waals surface area contributed by atoms with Crippen LogP contribution in [0.2, 0.25) is 0 Å². The number of aromatic nitrogens is 1. The number of rotatable bonds is 5. The maximum Gasteiger partial charge on any atom is 0.309 e. The standard InChI is InChI=1S/C16H27N5O2/c1-4-17-15(22)16(23)18-12-14(13-6-5-7-20(13)3)21-10-8-19(2)9-11-21/h5-7,14H,4,8-12H2,1-3H3,(H,17,22)(H,18,23). The second-order valence-electron chi connectivity index (χ2n) is 5.97. The fourth-order valence-corrected chi connectivity index (χ4v) is 2.89. The first-order valence-corrected chi connectivity index (χ1v) is 8.12. The number of piperazine rings is 1. The van der Waals surface area contributed by atoms with Crippen LogP contribution in [0.4, 0.5) is 0 Å². The molecule has 1 atom stereocenters. The molecule has 0 aliphatic carbocycles. The fourth-order valence-electron chi connectivity index (χ4n) is 2.89. The molecular weight excluding hydrogens is 294 g/mol. The molecule has 1 fully saturated rings. The number of aryl methyl sites for hydroxylation is 1. The van der Waals surface area contributed by atoms with E-state index >= 15 is 0 Å². The number of carbonyl (C=O) groups is 2. The molecule has 1 saturated heterocycles. The normalized spacial score (nSPS) is 17.7. The molecule has 1 aromatic rings.